The molecule has 0 aromatic heterocycles. The highest BCUT2D eigenvalue weighted by atomic mass is 32.2. The maximum Gasteiger partial charge on any atom is 0.336 e. The molecule has 0 aromatic carbocycles. The Balaban J connectivity index is 2.56. The molecule has 0 spiro atoms. The van der Waals surface area contributed by atoms with Gasteiger partial charge in [-0.2, -0.15) is 13.1 Å². The Labute approximate surface area is 60.8 Å². The van der Waals surface area contributed by atoms with E-state index >= 15 is 0 Å². The van der Waals surface area contributed by atoms with Gasteiger partial charge in [-0.1, -0.05) is 6.92 Å². The van der Waals surface area contributed by atoms with Crippen LogP contribution in [-0.2, 0) is 14.5 Å². The van der Waals surface area contributed by atoms with E-state index in [1.165, 1.54) is 0 Å². The number of rotatable bonds is 1. The average Bonchev–Trinajstić information content (AvgIpc) is 1.86. The molecule has 1 N–H and O–H groups in total. The molecule has 1 rings (SSSR count). The molecule has 0 amide bonds. The quantitative estimate of drug-likeness (QED) is 0.596. The van der Waals surface area contributed by atoms with Crippen LogP contribution in [0.25, 0.3) is 0 Å². The predicted molar refractivity (Wildman–Crippen MR) is 36.7 cm³/mol. The Hall–Kier alpha value is -0.130. The minimum atomic E-state index is -3.39. The molecular formula is C5H11NO3S. The highest BCUT2D eigenvalue weighted by molar-refractivity contribution is 7.84. The largest absolute Gasteiger partial charge is 0.336 e. The van der Waals surface area contributed by atoms with Crippen LogP contribution in [0.3, 0.4) is 0 Å². The van der Waals surface area contributed by atoms with Crippen molar-refractivity contribution in [2.24, 2.45) is 0 Å². The summed E-state index contributed by atoms with van der Waals surface area (Å²) in [4.78, 5) is 0. The summed E-state index contributed by atoms with van der Waals surface area (Å²) in [6, 6.07) is 0.0683. The molecule has 1 saturated heterocycles. The zero-order valence-electron chi connectivity index (χ0n) is 5.83. The van der Waals surface area contributed by atoms with Crippen molar-refractivity contribution in [3.05, 3.63) is 0 Å². The van der Waals surface area contributed by atoms with Gasteiger partial charge in [-0.05, 0) is 12.8 Å². The fraction of sp³-hybridized carbons (Fsp3) is 1.00. The highest BCUT2D eigenvalue weighted by Gasteiger charge is 2.22. The molecule has 1 atom stereocenters. The van der Waals surface area contributed by atoms with E-state index in [9.17, 15) is 8.42 Å². The minimum Gasteiger partial charge on any atom is -0.258 e. The van der Waals surface area contributed by atoms with E-state index in [0.29, 0.717) is 6.61 Å². The van der Waals surface area contributed by atoms with Gasteiger partial charge in [0.25, 0.3) is 0 Å². The summed E-state index contributed by atoms with van der Waals surface area (Å²) in [5.74, 6) is 0. The summed E-state index contributed by atoms with van der Waals surface area (Å²) in [5, 5.41) is 0. The fourth-order valence-corrected chi connectivity index (χ4v) is 1.96. The third-order valence-corrected chi connectivity index (χ3v) is 2.61. The van der Waals surface area contributed by atoms with Crippen molar-refractivity contribution in [2.75, 3.05) is 6.61 Å². The fourth-order valence-electron chi connectivity index (χ4n) is 0.885. The monoisotopic (exact) mass is 165 g/mol. The molecule has 1 heterocycles. The average molecular weight is 165 g/mol. The highest BCUT2D eigenvalue weighted by Crippen LogP contribution is 2.07. The molecule has 0 aliphatic carbocycles. The van der Waals surface area contributed by atoms with Crippen LogP contribution in [0.1, 0.15) is 19.8 Å². The zero-order chi connectivity index (χ0) is 7.61. The van der Waals surface area contributed by atoms with Crippen LogP contribution in [0.2, 0.25) is 0 Å². The van der Waals surface area contributed by atoms with E-state index in [0.717, 1.165) is 12.8 Å². The third-order valence-electron chi connectivity index (χ3n) is 1.51. The SMILES string of the molecule is CCC1CCOS(=O)(=O)N1. The van der Waals surface area contributed by atoms with Gasteiger partial charge in [-0.3, -0.25) is 4.18 Å². The molecule has 0 aromatic rings. The molecule has 1 aliphatic heterocycles. The summed E-state index contributed by atoms with van der Waals surface area (Å²) in [6.07, 6.45) is 1.60. The van der Waals surface area contributed by atoms with Crippen LogP contribution in [0.5, 0.6) is 0 Å². The Bertz CT molecular complexity index is 199. The lowest BCUT2D eigenvalue weighted by Gasteiger charge is -2.21. The van der Waals surface area contributed by atoms with Gasteiger partial charge in [0.15, 0.2) is 0 Å². The molecule has 5 heteroatoms. The van der Waals surface area contributed by atoms with Crippen molar-refractivity contribution in [1.29, 1.82) is 0 Å². The van der Waals surface area contributed by atoms with Crippen molar-refractivity contribution in [1.82, 2.24) is 4.72 Å². The van der Waals surface area contributed by atoms with E-state index in [2.05, 4.69) is 8.91 Å². The lowest BCUT2D eigenvalue weighted by atomic mass is 10.2. The second kappa shape index (κ2) is 2.86. The summed E-state index contributed by atoms with van der Waals surface area (Å²) in [6.45, 7) is 2.26. The van der Waals surface area contributed by atoms with Gasteiger partial charge in [-0.15, -0.1) is 0 Å². The van der Waals surface area contributed by atoms with Crippen molar-refractivity contribution >= 4 is 10.3 Å². The van der Waals surface area contributed by atoms with Crippen LogP contribution in [0.4, 0.5) is 0 Å². The molecule has 0 radical (unpaired) electrons. The van der Waals surface area contributed by atoms with Gasteiger partial charge in [0.05, 0.1) is 6.61 Å². The maximum absolute atomic E-state index is 10.7. The molecule has 60 valence electrons. The summed E-state index contributed by atoms with van der Waals surface area (Å²) < 4.78 is 28.2. The second-order valence-corrected chi connectivity index (χ2v) is 3.67. The first-order valence-electron chi connectivity index (χ1n) is 3.31. The number of hydrogen-bond acceptors (Lipinski definition) is 3. The molecule has 1 aliphatic rings. The third kappa shape index (κ3) is 1.93. The van der Waals surface area contributed by atoms with Gasteiger partial charge in [0.2, 0.25) is 0 Å². The standard InChI is InChI=1S/C5H11NO3S/c1-2-5-3-4-9-10(7,8)6-5/h5-6H,2-4H2,1H3. The Morgan fingerprint density at radius 2 is 2.40 bits per heavy atom. The first-order chi connectivity index (χ1) is 4.64. The van der Waals surface area contributed by atoms with Crippen molar-refractivity contribution in [3.63, 3.8) is 0 Å². The smallest absolute Gasteiger partial charge is 0.258 e. The summed E-state index contributed by atoms with van der Waals surface area (Å²) in [5.41, 5.74) is 0. The van der Waals surface area contributed by atoms with Crippen LogP contribution in [0.15, 0.2) is 0 Å². The molecule has 4 nitrogen and oxygen atoms in total. The molecule has 1 fully saturated rings. The first-order valence-corrected chi connectivity index (χ1v) is 4.71. The summed E-state index contributed by atoms with van der Waals surface area (Å²) >= 11 is 0. The van der Waals surface area contributed by atoms with E-state index in [4.69, 9.17) is 0 Å². The predicted octanol–water partition coefficient (Wildman–Crippen LogP) is 0.0197. The van der Waals surface area contributed by atoms with E-state index in [1.54, 1.807) is 0 Å². The van der Waals surface area contributed by atoms with Crippen molar-refractivity contribution < 1.29 is 12.6 Å². The molecule has 0 saturated carbocycles. The molecule has 10 heavy (non-hydrogen) atoms. The van der Waals surface area contributed by atoms with E-state index in [-0.39, 0.29) is 6.04 Å². The Morgan fingerprint density at radius 1 is 1.70 bits per heavy atom. The van der Waals surface area contributed by atoms with Crippen molar-refractivity contribution in [3.8, 4) is 0 Å². The minimum absolute atomic E-state index is 0.0683. The van der Waals surface area contributed by atoms with E-state index in [1.807, 2.05) is 6.92 Å². The van der Waals surface area contributed by atoms with Crippen molar-refractivity contribution in [2.45, 2.75) is 25.8 Å². The molecule has 1 unspecified atom stereocenters. The van der Waals surface area contributed by atoms with Gasteiger partial charge < -0.3 is 0 Å². The Kier molecular flexibility index (Phi) is 2.28. The topological polar surface area (TPSA) is 55.4 Å². The number of nitrogens with one attached hydrogen (secondary N) is 1. The zero-order valence-corrected chi connectivity index (χ0v) is 6.65. The maximum atomic E-state index is 10.7. The van der Waals surface area contributed by atoms with Gasteiger partial charge in [0, 0.05) is 6.04 Å². The normalized spacial score (nSPS) is 31.9. The lowest BCUT2D eigenvalue weighted by Crippen LogP contribution is -2.41. The van der Waals surface area contributed by atoms with Crippen LogP contribution < -0.4 is 4.72 Å². The van der Waals surface area contributed by atoms with Gasteiger partial charge in [0.1, 0.15) is 0 Å². The first kappa shape index (κ1) is 7.97. The summed E-state index contributed by atoms with van der Waals surface area (Å²) in [7, 11) is -3.39. The lowest BCUT2D eigenvalue weighted by molar-refractivity contribution is 0.254. The molecular weight excluding hydrogens is 154 g/mol. The van der Waals surface area contributed by atoms with Gasteiger partial charge in [-0.25, -0.2) is 0 Å². The van der Waals surface area contributed by atoms with Crippen LogP contribution >= 0.6 is 0 Å². The Morgan fingerprint density at radius 3 is 2.80 bits per heavy atom. The number of hydrogen-bond donors (Lipinski definition) is 1. The van der Waals surface area contributed by atoms with Gasteiger partial charge >= 0.3 is 10.3 Å². The van der Waals surface area contributed by atoms with Crippen LogP contribution in [-0.4, -0.2) is 21.1 Å². The second-order valence-electron chi connectivity index (χ2n) is 2.29. The molecule has 0 bridgehead atoms. The van der Waals surface area contributed by atoms with E-state index < -0.39 is 10.3 Å². The van der Waals surface area contributed by atoms with Crippen LogP contribution in [0, 0.1) is 0 Å².